The summed E-state index contributed by atoms with van der Waals surface area (Å²) in [7, 11) is 0. The molecule has 4 nitrogen and oxygen atoms in total. The minimum atomic E-state index is -4.46. The molecule has 2 N–H and O–H groups in total. The van der Waals surface area contributed by atoms with Gasteiger partial charge in [-0.2, -0.15) is 13.2 Å². The molecule has 0 radical (unpaired) electrons. The van der Waals surface area contributed by atoms with Crippen LogP contribution in [0.15, 0.2) is 78.9 Å². The van der Waals surface area contributed by atoms with E-state index < -0.39 is 23.6 Å². The number of para-hydroxylation sites is 1. The summed E-state index contributed by atoms with van der Waals surface area (Å²) in [5.41, 5.74) is 0.759. The van der Waals surface area contributed by atoms with Crippen molar-refractivity contribution in [2.24, 2.45) is 0 Å². The number of carbonyl (C=O) groups excluding carboxylic acids is 1. The van der Waals surface area contributed by atoms with Crippen molar-refractivity contribution in [1.29, 1.82) is 0 Å². The fraction of sp³-hybridized carbons (Fsp3) is 0.0435. The lowest BCUT2D eigenvalue weighted by atomic mass is 9.97. The maximum atomic E-state index is 13.0. The molecule has 0 aliphatic rings. The normalized spacial score (nSPS) is 11.4. The maximum Gasteiger partial charge on any atom is 0.416 e. The molecule has 0 bridgehead atoms. The van der Waals surface area contributed by atoms with Gasteiger partial charge in [0.15, 0.2) is 0 Å². The van der Waals surface area contributed by atoms with Crippen molar-refractivity contribution < 1.29 is 27.9 Å². The first-order chi connectivity index (χ1) is 14.3. The highest BCUT2D eigenvalue weighted by Gasteiger charge is 2.30. The first kappa shape index (κ1) is 20.9. The highest BCUT2D eigenvalue weighted by atomic mass is 19.4. The molecule has 0 saturated carbocycles. The van der Waals surface area contributed by atoms with Crippen molar-refractivity contribution in [3.8, 4) is 11.1 Å². The predicted octanol–water partition coefficient (Wildman–Crippen LogP) is 5.72. The summed E-state index contributed by atoms with van der Waals surface area (Å²) in [4.78, 5) is 23.5. The van der Waals surface area contributed by atoms with Crippen LogP contribution < -0.4 is 5.32 Å². The molecular formula is C23H16F3NO3. The lowest BCUT2D eigenvalue weighted by molar-refractivity contribution is -0.137. The van der Waals surface area contributed by atoms with E-state index >= 15 is 0 Å². The maximum absolute atomic E-state index is 13.0. The smallest absolute Gasteiger partial charge is 0.416 e. The van der Waals surface area contributed by atoms with Crippen LogP contribution in [0.4, 0.5) is 18.9 Å². The SMILES string of the molecule is O=C(/C=C/c1ccccc1-c1cccc(C(F)(F)F)c1)Nc1ccccc1C(=O)O. The minimum Gasteiger partial charge on any atom is -0.478 e. The van der Waals surface area contributed by atoms with E-state index in [0.717, 1.165) is 12.1 Å². The molecular weight excluding hydrogens is 395 g/mol. The lowest BCUT2D eigenvalue weighted by Crippen LogP contribution is -2.11. The van der Waals surface area contributed by atoms with E-state index in [1.165, 1.54) is 30.4 Å². The van der Waals surface area contributed by atoms with Crippen LogP contribution in [0, 0.1) is 0 Å². The Balaban J connectivity index is 1.86. The monoisotopic (exact) mass is 411 g/mol. The molecule has 30 heavy (non-hydrogen) atoms. The molecule has 0 unspecified atom stereocenters. The van der Waals surface area contributed by atoms with Crippen LogP contribution in [0.1, 0.15) is 21.5 Å². The fourth-order valence-corrected chi connectivity index (χ4v) is 2.89. The summed E-state index contributed by atoms with van der Waals surface area (Å²) in [6.45, 7) is 0. The first-order valence-corrected chi connectivity index (χ1v) is 8.84. The largest absolute Gasteiger partial charge is 0.478 e. The van der Waals surface area contributed by atoms with Crippen LogP contribution in [-0.4, -0.2) is 17.0 Å². The van der Waals surface area contributed by atoms with E-state index in [2.05, 4.69) is 5.32 Å². The molecule has 3 aromatic rings. The molecule has 0 aliphatic carbocycles. The van der Waals surface area contributed by atoms with Gasteiger partial charge in [0.2, 0.25) is 5.91 Å². The van der Waals surface area contributed by atoms with Crippen LogP contribution >= 0.6 is 0 Å². The number of alkyl halides is 3. The van der Waals surface area contributed by atoms with Crippen molar-refractivity contribution in [1.82, 2.24) is 0 Å². The molecule has 0 saturated heterocycles. The van der Waals surface area contributed by atoms with Crippen LogP contribution in [-0.2, 0) is 11.0 Å². The third kappa shape index (κ3) is 4.94. The number of rotatable bonds is 5. The van der Waals surface area contributed by atoms with E-state index in [-0.39, 0.29) is 11.3 Å². The Kier molecular flexibility index (Phi) is 6.01. The summed E-state index contributed by atoms with van der Waals surface area (Å²) in [5, 5.41) is 11.7. The molecule has 7 heteroatoms. The number of carboxylic acid groups (broad SMARTS) is 1. The Morgan fingerprint density at radius 2 is 1.60 bits per heavy atom. The Morgan fingerprint density at radius 3 is 2.33 bits per heavy atom. The number of hydrogen-bond acceptors (Lipinski definition) is 2. The van der Waals surface area contributed by atoms with Crippen LogP contribution in [0.5, 0.6) is 0 Å². The summed E-state index contributed by atoms with van der Waals surface area (Å²) in [6, 6.07) is 17.6. The third-order valence-electron chi connectivity index (χ3n) is 4.29. The molecule has 3 rings (SSSR count). The van der Waals surface area contributed by atoms with Gasteiger partial charge in [-0.05, 0) is 47.0 Å². The zero-order valence-corrected chi connectivity index (χ0v) is 15.5. The number of carbonyl (C=O) groups is 2. The number of halogens is 3. The van der Waals surface area contributed by atoms with Crippen molar-refractivity contribution in [2.45, 2.75) is 6.18 Å². The van der Waals surface area contributed by atoms with E-state index in [1.54, 1.807) is 42.5 Å². The van der Waals surface area contributed by atoms with Gasteiger partial charge < -0.3 is 10.4 Å². The molecule has 0 spiro atoms. The molecule has 0 aliphatic heterocycles. The number of hydrogen-bond donors (Lipinski definition) is 2. The second kappa shape index (κ2) is 8.65. The standard InChI is InChI=1S/C23H16F3NO3/c24-23(25,26)17-8-5-7-16(14-17)18-9-2-1-6-15(18)12-13-21(28)27-20-11-4-3-10-19(20)22(29)30/h1-14H,(H,27,28)(H,29,30)/b13-12+. The van der Waals surface area contributed by atoms with E-state index in [4.69, 9.17) is 0 Å². The molecule has 152 valence electrons. The summed E-state index contributed by atoms with van der Waals surface area (Å²) >= 11 is 0. The second-order valence-electron chi connectivity index (χ2n) is 6.34. The third-order valence-corrected chi connectivity index (χ3v) is 4.29. The van der Waals surface area contributed by atoms with Crippen molar-refractivity contribution >= 4 is 23.6 Å². The first-order valence-electron chi connectivity index (χ1n) is 8.84. The van der Waals surface area contributed by atoms with Crippen LogP contribution in [0.3, 0.4) is 0 Å². The van der Waals surface area contributed by atoms with Gasteiger partial charge in [-0.1, -0.05) is 48.5 Å². The van der Waals surface area contributed by atoms with E-state index in [1.807, 2.05) is 0 Å². The molecule has 3 aromatic carbocycles. The average Bonchev–Trinajstić information content (AvgIpc) is 2.72. The Labute approximate surface area is 170 Å². The van der Waals surface area contributed by atoms with E-state index in [0.29, 0.717) is 16.7 Å². The van der Waals surface area contributed by atoms with Gasteiger partial charge in [-0.25, -0.2) is 4.79 Å². The molecule has 0 fully saturated rings. The van der Waals surface area contributed by atoms with Crippen molar-refractivity contribution in [3.05, 3.63) is 95.6 Å². The average molecular weight is 411 g/mol. The highest BCUT2D eigenvalue weighted by molar-refractivity contribution is 6.06. The van der Waals surface area contributed by atoms with Crippen molar-refractivity contribution in [3.63, 3.8) is 0 Å². The van der Waals surface area contributed by atoms with E-state index in [9.17, 15) is 27.9 Å². The Bertz CT molecular complexity index is 1120. The van der Waals surface area contributed by atoms with Gasteiger partial charge in [0.25, 0.3) is 0 Å². The van der Waals surface area contributed by atoms with Gasteiger partial charge in [0.1, 0.15) is 0 Å². The second-order valence-corrected chi connectivity index (χ2v) is 6.34. The van der Waals surface area contributed by atoms with Gasteiger partial charge in [0, 0.05) is 6.08 Å². The van der Waals surface area contributed by atoms with Crippen LogP contribution in [0.2, 0.25) is 0 Å². The number of nitrogens with one attached hydrogen (secondary N) is 1. The summed E-state index contributed by atoms with van der Waals surface area (Å²) in [5.74, 6) is -1.74. The van der Waals surface area contributed by atoms with Gasteiger partial charge in [0.05, 0.1) is 16.8 Å². The molecule has 0 heterocycles. The Hall–Kier alpha value is -3.87. The number of anilines is 1. The number of benzene rings is 3. The number of carboxylic acids is 1. The van der Waals surface area contributed by atoms with Crippen LogP contribution in [0.25, 0.3) is 17.2 Å². The number of amides is 1. The topological polar surface area (TPSA) is 66.4 Å². The molecule has 0 aromatic heterocycles. The molecule has 0 atom stereocenters. The Morgan fingerprint density at radius 1 is 0.900 bits per heavy atom. The quantitative estimate of drug-likeness (QED) is 0.528. The minimum absolute atomic E-state index is 0.0522. The van der Waals surface area contributed by atoms with Gasteiger partial charge in [-0.3, -0.25) is 4.79 Å². The summed E-state index contributed by atoms with van der Waals surface area (Å²) in [6.07, 6.45) is -1.79. The number of aromatic carboxylic acids is 1. The molecule has 1 amide bonds. The summed E-state index contributed by atoms with van der Waals surface area (Å²) < 4.78 is 39.1. The zero-order valence-electron chi connectivity index (χ0n) is 15.5. The fourth-order valence-electron chi connectivity index (χ4n) is 2.89. The van der Waals surface area contributed by atoms with Gasteiger partial charge in [-0.15, -0.1) is 0 Å². The zero-order chi connectivity index (χ0) is 21.7. The highest BCUT2D eigenvalue weighted by Crippen LogP contribution is 2.33. The van der Waals surface area contributed by atoms with Crippen molar-refractivity contribution in [2.75, 3.05) is 5.32 Å². The van der Waals surface area contributed by atoms with Gasteiger partial charge >= 0.3 is 12.1 Å². The lowest BCUT2D eigenvalue weighted by Gasteiger charge is -2.11. The predicted molar refractivity (Wildman–Crippen MR) is 108 cm³/mol.